The Kier molecular flexibility index (Phi) is 3.41. The monoisotopic (exact) mass is 328 g/mol. The minimum Gasteiger partial charge on any atom is -0.336 e. The number of ether oxygens (including phenoxy) is 2. The van der Waals surface area contributed by atoms with Crippen LogP contribution in [0.1, 0.15) is 11.1 Å². The molecule has 0 saturated carbocycles. The van der Waals surface area contributed by atoms with Crippen LogP contribution in [0.5, 0.6) is 0 Å². The van der Waals surface area contributed by atoms with Crippen LogP contribution >= 0.6 is 11.6 Å². The standard InChI is InChI=1S/C17H13ClN2O3/c18-12-3-1-11(2-4-12)10-19-13-5-6-15-14(9-13)17(16(21)20-15)22-7-8-23-17/h1-6,9-10H,7-8H2,(H,20,21). The molecule has 6 heteroatoms. The first kappa shape index (κ1) is 14.4. The van der Waals surface area contributed by atoms with Gasteiger partial charge in [0, 0.05) is 16.8 Å². The van der Waals surface area contributed by atoms with E-state index in [4.69, 9.17) is 21.1 Å². The van der Waals surface area contributed by atoms with Crippen molar-refractivity contribution in [3.63, 3.8) is 0 Å². The maximum absolute atomic E-state index is 12.2. The largest absolute Gasteiger partial charge is 0.336 e. The van der Waals surface area contributed by atoms with Crippen LogP contribution in [0.2, 0.25) is 5.02 Å². The van der Waals surface area contributed by atoms with E-state index in [1.807, 2.05) is 42.5 Å². The van der Waals surface area contributed by atoms with Gasteiger partial charge in [0.15, 0.2) is 0 Å². The van der Waals surface area contributed by atoms with Gasteiger partial charge in [-0.05, 0) is 35.9 Å². The van der Waals surface area contributed by atoms with Crippen molar-refractivity contribution in [3.05, 3.63) is 58.6 Å². The Balaban J connectivity index is 1.66. The van der Waals surface area contributed by atoms with E-state index in [1.54, 1.807) is 6.21 Å². The highest BCUT2D eigenvalue weighted by atomic mass is 35.5. The van der Waals surface area contributed by atoms with E-state index in [-0.39, 0.29) is 5.91 Å². The van der Waals surface area contributed by atoms with Crippen molar-refractivity contribution in [2.24, 2.45) is 4.99 Å². The molecule has 0 unspecified atom stereocenters. The van der Waals surface area contributed by atoms with Crippen molar-refractivity contribution >= 4 is 35.1 Å². The van der Waals surface area contributed by atoms with E-state index in [2.05, 4.69) is 10.3 Å². The molecule has 23 heavy (non-hydrogen) atoms. The minimum absolute atomic E-state index is 0.288. The zero-order chi connectivity index (χ0) is 15.9. The lowest BCUT2D eigenvalue weighted by molar-refractivity contribution is -0.178. The number of fused-ring (bicyclic) bond motifs is 2. The molecule has 1 amide bonds. The summed E-state index contributed by atoms with van der Waals surface area (Å²) >= 11 is 5.86. The fraction of sp³-hybridized carbons (Fsp3) is 0.176. The normalized spacial score (nSPS) is 18.6. The van der Waals surface area contributed by atoms with Crippen LogP contribution < -0.4 is 5.32 Å². The van der Waals surface area contributed by atoms with Crippen LogP contribution in [0.3, 0.4) is 0 Å². The van der Waals surface area contributed by atoms with Gasteiger partial charge < -0.3 is 14.8 Å². The van der Waals surface area contributed by atoms with Crippen molar-refractivity contribution < 1.29 is 14.3 Å². The Bertz CT molecular complexity index is 796. The molecule has 1 spiro atoms. The second-order valence-corrected chi connectivity index (χ2v) is 5.74. The maximum atomic E-state index is 12.2. The molecule has 116 valence electrons. The second kappa shape index (κ2) is 5.45. The molecule has 1 saturated heterocycles. The molecular weight excluding hydrogens is 316 g/mol. The number of nitrogens with one attached hydrogen (secondary N) is 1. The highest BCUT2D eigenvalue weighted by molar-refractivity contribution is 6.30. The van der Waals surface area contributed by atoms with Gasteiger partial charge in [0.05, 0.1) is 24.6 Å². The SMILES string of the molecule is O=C1Nc2ccc(N=Cc3ccc(Cl)cc3)cc2C12OCCO2. The average Bonchev–Trinajstić information content (AvgIpc) is 3.15. The molecule has 2 aliphatic heterocycles. The summed E-state index contributed by atoms with van der Waals surface area (Å²) in [6.45, 7) is 0.788. The molecule has 0 atom stereocenters. The molecule has 5 nitrogen and oxygen atoms in total. The first-order valence-corrected chi connectivity index (χ1v) is 7.59. The van der Waals surface area contributed by atoms with Gasteiger partial charge >= 0.3 is 0 Å². The summed E-state index contributed by atoms with van der Waals surface area (Å²) in [4.78, 5) is 16.6. The predicted molar refractivity (Wildman–Crippen MR) is 87.4 cm³/mol. The molecule has 4 rings (SSSR count). The molecule has 0 aromatic heterocycles. The van der Waals surface area contributed by atoms with Crippen LogP contribution in [0.15, 0.2) is 47.5 Å². The van der Waals surface area contributed by atoms with Crippen LogP contribution in [0.4, 0.5) is 11.4 Å². The first-order chi connectivity index (χ1) is 11.2. The van der Waals surface area contributed by atoms with Crippen molar-refractivity contribution in [2.75, 3.05) is 18.5 Å². The van der Waals surface area contributed by atoms with Crippen LogP contribution in [0, 0.1) is 0 Å². The molecule has 2 aromatic carbocycles. The van der Waals surface area contributed by atoms with Gasteiger partial charge in [-0.3, -0.25) is 9.79 Å². The highest BCUT2D eigenvalue weighted by Gasteiger charge is 2.52. The topological polar surface area (TPSA) is 59.9 Å². The summed E-state index contributed by atoms with van der Waals surface area (Å²) in [6.07, 6.45) is 1.74. The van der Waals surface area contributed by atoms with Gasteiger partial charge in [-0.15, -0.1) is 0 Å². The molecule has 2 heterocycles. The van der Waals surface area contributed by atoms with Crippen molar-refractivity contribution in [2.45, 2.75) is 5.79 Å². The summed E-state index contributed by atoms with van der Waals surface area (Å²) in [5.41, 5.74) is 3.02. The van der Waals surface area contributed by atoms with Gasteiger partial charge in [0.2, 0.25) is 0 Å². The fourth-order valence-corrected chi connectivity index (χ4v) is 2.84. The number of hydrogen-bond donors (Lipinski definition) is 1. The Morgan fingerprint density at radius 1 is 1.13 bits per heavy atom. The molecule has 2 aromatic rings. The molecule has 1 fully saturated rings. The van der Waals surface area contributed by atoms with E-state index in [0.717, 1.165) is 5.56 Å². The Labute approximate surface area is 137 Å². The number of rotatable bonds is 2. The number of nitrogens with zero attached hydrogens (tertiary/aromatic N) is 1. The van der Waals surface area contributed by atoms with E-state index in [1.165, 1.54) is 0 Å². The minimum atomic E-state index is -1.32. The predicted octanol–water partition coefficient (Wildman–Crippen LogP) is 3.24. The van der Waals surface area contributed by atoms with Crippen LogP contribution in [-0.2, 0) is 20.1 Å². The molecule has 0 bridgehead atoms. The Morgan fingerprint density at radius 3 is 2.61 bits per heavy atom. The van der Waals surface area contributed by atoms with Gasteiger partial charge in [-0.2, -0.15) is 0 Å². The highest BCUT2D eigenvalue weighted by Crippen LogP contribution is 2.43. The third kappa shape index (κ3) is 2.43. The molecular formula is C17H13ClN2O3. The smallest absolute Gasteiger partial charge is 0.289 e. The molecule has 0 aliphatic carbocycles. The van der Waals surface area contributed by atoms with E-state index >= 15 is 0 Å². The lowest BCUT2D eigenvalue weighted by Crippen LogP contribution is -2.35. The number of anilines is 1. The first-order valence-electron chi connectivity index (χ1n) is 7.21. The maximum Gasteiger partial charge on any atom is 0.289 e. The van der Waals surface area contributed by atoms with E-state index in [0.29, 0.717) is 35.2 Å². The number of benzene rings is 2. The molecule has 0 radical (unpaired) electrons. The van der Waals surface area contributed by atoms with Gasteiger partial charge in [0.1, 0.15) is 0 Å². The summed E-state index contributed by atoms with van der Waals surface area (Å²) in [6, 6.07) is 12.8. The summed E-state index contributed by atoms with van der Waals surface area (Å²) in [5.74, 6) is -1.61. The third-order valence-electron chi connectivity index (χ3n) is 3.83. The van der Waals surface area contributed by atoms with Crippen molar-refractivity contribution in [3.8, 4) is 0 Å². The zero-order valence-electron chi connectivity index (χ0n) is 12.1. The molecule has 2 aliphatic rings. The lowest BCUT2D eigenvalue weighted by Gasteiger charge is -2.19. The van der Waals surface area contributed by atoms with Crippen LogP contribution in [-0.4, -0.2) is 25.3 Å². The molecule has 1 N–H and O–H groups in total. The third-order valence-corrected chi connectivity index (χ3v) is 4.08. The van der Waals surface area contributed by atoms with E-state index in [9.17, 15) is 4.79 Å². The van der Waals surface area contributed by atoms with Gasteiger partial charge in [0.25, 0.3) is 11.7 Å². The quantitative estimate of drug-likeness (QED) is 0.861. The zero-order valence-corrected chi connectivity index (χ0v) is 12.8. The summed E-state index contributed by atoms with van der Waals surface area (Å²) in [5, 5.41) is 3.46. The number of carbonyl (C=O) groups excluding carboxylic acids is 1. The van der Waals surface area contributed by atoms with Crippen molar-refractivity contribution in [1.82, 2.24) is 0 Å². The van der Waals surface area contributed by atoms with Gasteiger partial charge in [-0.1, -0.05) is 23.7 Å². The van der Waals surface area contributed by atoms with Crippen LogP contribution in [0.25, 0.3) is 0 Å². The van der Waals surface area contributed by atoms with Gasteiger partial charge in [-0.25, -0.2) is 0 Å². The number of carbonyl (C=O) groups is 1. The number of halogens is 1. The van der Waals surface area contributed by atoms with E-state index < -0.39 is 5.79 Å². The lowest BCUT2D eigenvalue weighted by atomic mass is 10.1. The summed E-state index contributed by atoms with van der Waals surface area (Å²) < 4.78 is 11.1. The number of hydrogen-bond acceptors (Lipinski definition) is 4. The Hall–Kier alpha value is -2.21. The summed E-state index contributed by atoms with van der Waals surface area (Å²) in [7, 11) is 0. The number of amides is 1. The van der Waals surface area contributed by atoms with Crippen molar-refractivity contribution in [1.29, 1.82) is 0 Å². The second-order valence-electron chi connectivity index (χ2n) is 5.31. The fourth-order valence-electron chi connectivity index (χ4n) is 2.72. The Morgan fingerprint density at radius 2 is 1.87 bits per heavy atom. The average molecular weight is 329 g/mol. The number of aliphatic imine (C=N–C) groups is 1.